The van der Waals surface area contributed by atoms with E-state index in [4.69, 9.17) is 9.84 Å². The third kappa shape index (κ3) is 3.66. The zero-order chi connectivity index (χ0) is 16.3. The van der Waals surface area contributed by atoms with Gasteiger partial charge in [0.1, 0.15) is 0 Å². The van der Waals surface area contributed by atoms with E-state index in [1.807, 2.05) is 30.3 Å². The van der Waals surface area contributed by atoms with E-state index >= 15 is 0 Å². The molecule has 0 saturated carbocycles. The topological polar surface area (TPSA) is 83.9 Å². The zero-order valence-electron chi connectivity index (χ0n) is 12.7. The molecule has 0 radical (unpaired) electrons. The average molecular weight is 327 g/mol. The van der Waals surface area contributed by atoms with Crippen LogP contribution in [-0.2, 0) is 19.6 Å². The minimum Gasteiger partial charge on any atom is -0.481 e. The number of sulfonamides is 1. The predicted octanol–water partition coefficient (Wildman–Crippen LogP) is 1.36. The van der Waals surface area contributed by atoms with E-state index in [1.165, 1.54) is 11.4 Å². The van der Waals surface area contributed by atoms with Crippen molar-refractivity contribution < 1.29 is 23.1 Å². The highest BCUT2D eigenvalue weighted by Crippen LogP contribution is 2.28. The average Bonchev–Trinajstić information content (AvgIpc) is 2.89. The molecule has 1 aliphatic rings. The molecule has 1 N–H and O–H groups in total. The molecule has 0 aliphatic carbocycles. The number of hydrogen-bond donors (Lipinski definition) is 1. The Kier molecular flexibility index (Phi) is 5.20. The van der Waals surface area contributed by atoms with Crippen LogP contribution in [0.1, 0.15) is 18.6 Å². The molecule has 22 heavy (non-hydrogen) atoms. The van der Waals surface area contributed by atoms with Crippen LogP contribution >= 0.6 is 0 Å². The maximum Gasteiger partial charge on any atom is 0.308 e. The highest BCUT2D eigenvalue weighted by Gasteiger charge is 2.40. The first-order valence-electron chi connectivity index (χ1n) is 7.13. The molecule has 1 unspecified atom stereocenters. The number of nitrogens with zero attached hydrogens (tertiary/aromatic N) is 1. The Morgan fingerprint density at radius 2 is 2.00 bits per heavy atom. The van der Waals surface area contributed by atoms with Gasteiger partial charge in [-0.15, -0.1) is 0 Å². The summed E-state index contributed by atoms with van der Waals surface area (Å²) in [6.45, 7) is 2.04. The molecule has 1 aromatic rings. The van der Waals surface area contributed by atoms with E-state index in [0.29, 0.717) is 0 Å². The summed E-state index contributed by atoms with van der Waals surface area (Å²) in [6, 6.07) is 9.13. The Balaban J connectivity index is 2.12. The van der Waals surface area contributed by atoms with Crippen LogP contribution in [0.5, 0.6) is 0 Å². The number of carbonyl (C=O) groups is 1. The third-order valence-electron chi connectivity index (χ3n) is 4.11. The molecule has 1 aliphatic heterocycles. The summed E-state index contributed by atoms with van der Waals surface area (Å²) in [6.07, 6.45) is -0.564. The summed E-state index contributed by atoms with van der Waals surface area (Å²) in [4.78, 5) is 11.1. The summed E-state index contributed by atoms with van der Waals surface area (Å²) >= 11 is 0. The quantitative estimate of drug-likeness (QED) is 0.853. The first kappa shape index (κ1) is 16.9. The van der Waals surface area contributed by atoms with Crippen molar-refractivity contribution >= 4 is 16.0 Å². The number of aliphatic carboxylic acids is 1. The van der Waals surface area contributed by atoms with Crippen LogP contribution < -0.4 is 0 Å². The minimum absolute atomic E-state index is 0.0318. The number of hydrogen-bond acceptors (Lipinski definition) is 4. The van der Waals surface area contributed by atoms with Gasteiger partial charge in [-0.2, -0.15) is 0 Å². The van der Waals surface area contributed by atoms with Crippen molar-refractivity contribution in [3.63, 3.8) is 0 Å². The minimum atomic E-state index is -3.57. The fraction of sp³-hybridized carbons (Fsp3) is 0.533. The first-order valence-corrected chi connectivity index (χ1v) is 8.74. The van der Waals surface area contributed by atoms with Crippen molar-refractivity contribution in [1.29, 1.82) is 0 Å². The number of carboxylic acid groups (broad SMARTS) is 1. The van der Waals surface area contributed by atoms with Gasteiger partial charge in [0, 0.05) is 20.2 Å². The van der Waals surface area contributed by atoms with E-state index < -0.39 is 28.0 Å². The maximum absolute atomic E-state index is 12.5. The second-order valence-electron chi connectivity index (χ2n) is 5.65. The Bertz CT molecular complexity index is 616. The second kappa shape index (κ2) is 6.76. The van der Waals surface area contributed by atoms with Crippen LogP contribution in [0.3, 0.4) is 0 Å². The Morgan fingerprint density at radius 3 is 2.50 bits per heavy atom. The monoisotopic (exact) mass is 327 g/mol. The lowest BCUT2D eigenvalue weighted by Gasteiger charge is -2.21. The molecule has 1 fully saturated rings. The lowest BCUT2D eigenvalue weighted by molar-refractivity contribution is -0.142. The van der Waals surface area contributed by atoms with E-state index in [-0.39, 0.29) is 24.8 Å². The van der Waals surface area contributed by atoms with E-state index in [0.717, 1.165) is 5.56 Å². The van der Waals surface area contributed by atoms with Crippen molar-refractivity contribution in [3.05, 3.63) is 35.9 Å². The highest BCUT2D eigenvalue weighted by molar-refractivity contribution is 7.89. The summed E-state index contributed by atoms with van der Waals surface area (Å²) in [5.74, 6) is -1.97. The van der Waals surface area contributed by atoms with Gasteiger partial charge in [0.2, 0.25) is 10.0 Å². The largest absolute Gasteiger partial charge is 0.481 e. The van der Waals surface area contributed by atoms with E-state index in [1.54, 1.807) is 6.92 Å². The van der Waals surface area contributed by atoms with E-state index in [2.05, 4.69) is 0 Å². The number of benzene rings is 1. The molecule has 1 saturated heterocycles. The lowest BCUT2D eigenvalue weighted by atomic mass is 9.99. The molecule has 122 valence electrons. The number of ether oxygens (including phenoxy) is 1. The number of carboxylic acids is 1. The van der Waals surface area contributed by atoms with Crippen molar-refractivity contribution in [2.45, 2.75) is 13.0 Å². The standard InChI is InChI=1S/C15H21NO5S/c1-11-8-16(9-13(11)15(17)18)22(19,20)10-14(21-2)12-6-4-3-5-7-12/h3-7,11,13-14H,8-10H2,1-2H3,(H,17,18)/t11-,13-,14?/m1/s1. The van der Waals surface area contributed by atoms with Gasteiger partial charge in [-0.05, 0) is 11.5 Å². The van der Waals surface area contributed by atoms with Gasteiger partial charge in [0.25, 0.3) is 0 Å². The summed E-state index contributed by atoms with van der Waals surface area (Å²) in [5.41, 5.74) is 0.788. The van der Waals surface area contributed by atoms with Gasteiger partial charge < -0.3 is 9.84 Å². The smallest absolute Gasteiger partial charge is 0.308 e. The number of methoxy groups -OCH3 is 1. The molecule has 0 amide bonds. The lowest BCUT2D eigenvalue weighted by Crippen LogP contribution is -2.34. The molecule has 0 aromatic heterocycles. The molecule has 1 heterocycles. The predicted molar refractivity (Wildman–Crippen MR) is 81.8 cm³/mol. The Morgan fingerprint density at radius 1 is 1.36 bits per heavy atom. The first-order chi connectivity index (χ1) is 10.3. The maximum atomic E-state index is 12.5. The van der Waals surface area contributed by atoms with Gasteiger partial charge in [-0.1, -0.05) is 37.3 Å². The van der Waals surface area contributed by atoms with Crippen molar-refractivity contribution in [2.24, 2.45) is 11.8 Å². The van der Waals surface area contributed by atoms with Crippen LogP contribution in [0.2, 0.25) is 0 Å². The molecule has 2 rings (SSSR count). The molecule has 0 bridgehead atoms. The summed E-state index contributed by atoms with van der Waals surface area (Å²) in [5, 5.41) is 9.13. The Hall–Kier alpha value is -1.44. The fourth-order valence-corrected chi connectivity index (χ4v) is 4.51. The van der Waals surface area contributed by atoms with Crippen LogP contribution in [-0.4, -0.2) is 49.8 Å². The van der Waals surface area contributed by atoms with Gasteiger partial charge in [0.15, 0.2) is 0 Å². The normalized spacial score (nSPS) is 24.3. The van der Waals surface area contributed by atoms with Crippen LogP contribution in [0, 0.1) is 11.8 Å². The van der Waals surface area contributed by atoms with Gasteiger partial charge in [0.05, 0.1) is 17.8 Å². The summed E-state index contributed by atoms with van der Waals surface area (Å²) in [7, 11) is -2.10. The molecule has 6 nitrogen and oxygen atoms in total. The van der Waals surface area contributed by atoms with Gasteiger partial charge in [-0.3, -0.25) is 4.79 Å². The van der Waals surface area contributed by atoms with E-state index in [9.17, 15) is 13.2 Å². The summed E-state index contributed by atoms with van der Waals surface area (Å²) < 4.78 is 31.7. The molecule has 3 atom stereocenters. The fourth-order valence-electron chi connectivity index (χ4n) is 2.74. The Labute approximate surface area is 130 Å². The zero-order valence-corrected chi connectivity index (χ0v) is 13.5. The van der Waals surface area contributed by atoms with Gasteiger partial charge >= 0.3 is 5.97 Å². The van der Waals surface area contributed by atoms with Crippen LogP contribution in [0.25, 0.3) is 0 Å². The number of rotatable bonds is 6. The molecule has 7 heteroatoms. The molecule has 0 spiro atoms. The SMILES string of the molecule is COC(CS(=O)(=O)N1C[C@@H](C)[C@H](C(=O)O)C1)c1ccccc1. The third-order valence-corrected chi connectivity index (χ3v) is 5.92. The molecular formula is C15H21NO5S. The van der Waals surface area contributed by atoms with Crippen molar-refractivity contribution in [1.82, 2.24) is 4.31 Å². The second-order valence-corrected chi connectivity index (χ2v) is 7.67. The highest BCUT2D eigenvalue weighted by atomic mass is 32.2. The van der Waals surface area contributed by atoms with Gasteiger partial charge in [-0.25, -0.2) is 12.7 Å². The molecule has 1 aromatic carbocycles. The van der Waals surface area contributed by atoms with Crippen LogP contribution in [0.15, 0.2) is 30.3 Å². The van der Waals surface area contributed by atoms with Crippen molar-refractivity contribution in [2.75, 3.05) is 26.0 Å². The van der Waals surface area contributed by atoms with Crippen LogP contribution in [0.4, 0.5) is 0 Å². The van der Waals surface area contributed by atoms with Crippen molar-refractivity contribution in [3.8, 4) is 0 Å². The molecular weight excluding hydrogens is 306 g/mol.